The maximum absolute atomic E-state index is 12.0. The SMILES string of the molecule is O=C(O)C1=NC(C(=O)O)CC(C=CN2c3cc(O)c(OC4OC(CO)C(O)C(O)C4O)cc3CC2C(=O)O)=C1. The predicted octanol–water partition coefficient (Wildman–Crippen LogP) is -1.79. The molecule has 0 bridgehead atoms. The number of aliphatic hydroxyl groups is 4. The number of hydrogen-bond acceptors (Lipinski definition) is 12. The molecule has 4 rings (SSSR count). The van der Waals surface area contributed by atoms with Gasteiger partial charge in [0, 0.05) is 30.8 Å². The van der Waals surface area contributed by atoms with Crippen LogP contribution in [0.2, 0.25) is 0 Å². The molecule has 1 fully saturated rings. The lowest BCUT2D eigenvalue weighted by molar-refractivity contribution is -0.277. The molecule has 15 nitrogen and oxygen atoms in total. The zero-order valence-corrected chi connectivity index (χ0v) is 20.1. The Labute approximate surface area is 219 Å². The van der Waals surface area contributed by atoms with Crippen LogP contribution in [-0.4, -0.2) is 114 Å². The second-order valence-electron chi connectivity index (χ2n) is 9.14. The summed E-state index contributed by atoms with van der Waals surface area (Å²) in [5.41, 5.74) is 0.477. The third kappa shape index (κ3) is 5.57. The van der Waals surface area contributed by atoms with Crippen molar-refractivity contribution in [3.05, 3.63) is 41.6 Å². The lowest BCUT2D eigenvalue weighted by Crippen LogP contribution is -2.60. The number of phenols is 1. The highest BCUT2D eigenvalue weighted by Crippen LogP contribution is 2.42. The zero-order valence-electron chi connectivity index (χ0n) is 20.1. The molecule has 7 atom stereocenters. The molecule has 7 unspecified atom stereocenters. The van der Waals surface area contributed by atoms with Gasteiger partial charge in [0.05, 0.1) is 6.61 Å². The molecule has 0 spiro atoms. The number of rotatable bonds is 8. The molecular formula is C24H26N2O13. The fraction of sp³-hybridized carbons (Fsp3) is 0.417. The summed E-state index contributed by atoms with van der Waals surface area (Å²) in [5, 5.41) is 78.4. The van der Waals surface area contributed by atoms with Crippen molar-refractivity contribution in [2.45, 2.75) is 55.6 Å². The fourth-order valence-electron chi connectivity index (χ4n) is 4.51. The van der Waals surface area contributed by atoms with E-state index in [0.717, 1.165) is 0 Å². The van der Waals surface area contributed by atoms with Crippen LogP contribution in [0.25, 0.3) is 0 Å². The number of fused-ring (bicyclic) bond motifs is 1. The molecule has 210 valence electrons. The Balaban J connectivity index is 1.61. The summed E-state index contributed by atoms with van der Waals surface area (Å²) in [4.78, 5) is 39.7. The minimum atomic E-state index is -1.74. The molecule has 15 heteroatoms. The Bertz CT molecular complexity index is 1260. The standard InChI is InChI=1S/C24H26N2O13/c27-8-17-18(29)19(30)20(31)24(39-17)38-16-6-10-5-14(23(36)37)26(13(10)7-15(16)28)2-1-9-3-11(21(32)33)25-12(4-9)22(34)35/h1-3,6-7,12,14,17-20,24,27-31H,4-5,8H2,(H,32,33)(H,34,35)(H,36,37). The highest BCUT2D eigenvalue weighted by atomic mass is 16.7. The summed E-state index contributed by atoms with van der Waals surface area (Å²) in [6.45, 7) is -0.688. The van der Waals surface area contributed by atoms with Gasteiger partial charge in [-0.3, -0.25) is 4.99 Å². The summed E-state index contributed by atoms with van der Waals surface area (Å²) < 4.78 is 10.8. The van der Waals surface area contributed by atoms with E-state index >= 15 is 0 Å². The van der Waals surface area contributed by atoms with Crippen molar-refractivity contribution in [1.29, 1.82) is 0 Å². The third-order valence-corrected chi connectivity index (χ3v) is 6.56. The first kappa shape index (κ1) is 28.0. The lowest BCUT2D eigenvalue weighted by atomic mass is 9.99. The Morgan fingerprint density at radius 2 is 1.77 bits per heavy atom. The van der Waals surface area contributed by atoms with E-state index in [9.17, 15) is 55.2 Å². The molecule has 1 aromatic carbocycles. The molecule has 0 radical (unpaired) electrons. The second kappa shape index (κ2) is 11.0. The average molecular weight is 550 g/mol. The Morgan fingerprint density at radius 1 is 1.05 bits per heavy atom. The molecule has 0 saturated carbocycles. The highest BCUT2D eigenvalue weighted by molar-refractivity contribution is 6.41. The largest absolute Gasteiger partial charge is 0.504 e. The molecule has 1 saturated heterocycles. The first-order valence-corrected chi connectivity index (χ1v) is 11.7. The summed E-state index contributed by atoms with van der Waals surface area (Å²) >= 11 is 0. The van der Waals surface area contributed by atoms with Crippen molar-refractivity contribution < 1.29 is 64.7 Å². The Morgan fingerprint density at radius 3 is 2.38 bits per heavy atom. The number of aliphatic imine (C=N–C) groups is 1. The Hall–Kier alpha value is -4.02. The van der Waals surface area contributed by atoms with Crippen molar-refractivity contribution in [1.82, 2.24) is 0 Å². The highest BCUT2D eigenvalue weighted by Gasteiger charge is 2.45. The number of aliphatic carboxylic acids is 3. The summed E-state index contributed by atoms with van der Waals surface area (Å²) in [5.74, 6) is -4.67. The molecule has 39 heavy (non-hydrogen) atoms. The van der Waals surface area contributed by atoms with Gasteiger partial charge in [0.25, 0.3) is 0 Å². The minimum Gasteiger partial charge on any atom is -0.504 e. The number of dihydropyridines is 1. The third-order valence-electron chi connectivity index (χ3n) is 6.56. The van der Waals surface area contributed by atoms with Gasteiger partial charge >= 0.3 is 17.9 Å². The number of carbonyl (C=O) groups is 3. The molecular weight excluding hydrogens is 524 g/mol. The topological polar surface area (TPSA) is 247 Å². The number of ether oxygens (including phenoxy) is 2. The van der Waals surface area contributed by atoms with Crippen LogP contribution in [-0.2, 0) is 25.5 Å². The zero-order chi connectivity index (χ0) is 28.6. The quantitative estimate of drug-likeness (QED) is 0.178. The van der Waals surface area contributed by atoms with Crippen LogP contribution in [0.4, 0.5) is 5.69 Å². The van der Waals surface area contributed by atoms with Gasteiger partial charge in [0.1, 0.15) is 36.2 Å². The van der Waals surface area contributed by atoms with E-state index in [1.807, 2.05) is 0 Å². The molecule has 1 aromatic rings. The molecule has 3 aliphatic heterocycles. The minimum absolute atomic E-state index is 0.0566. The van der Waals surface area contributed by atoms with E-state index in [1.165, 1.54) is 35.4 Å². The molecule has 3 aliphatic rings. The Kier molecular flexibility index (Phi) is 7.89. The molecule has 8 N–H and O–H groups in total. The summed E-state index contributed by atoms with van der Waals surface area (Å²) in [6, 6.07) is 0.0330. The number of phenolic OH excluding ortho intramolecular Hbond substituents is 1. The number of carboxylic acid groups (broad SMARTS) is 3. The number of allylic oxidation sites excluding steroid dienone is 1. The summed E-state index contributed by atoms with van der Waals surface area (Å²) in [6.07, 6.45) is -4.19. The normalized spacial score (nSPS) is 30.5. The van der Waals surface area contributed by atoms with Gasteiger partial charge in [-0.25, -0.2) is 14.4 Å². The molecule has 3 heterocycles. The predicted molar refractivity (Wildman–Crippen MR) is 128 cm³/mol. The van der Waals surface area contributed by atoms with Gasteiger partial charge < -0.3 is 55.2 Å². The van der Waals surface area contributed by atoms with Gasteiger partial charge in [-0.2, -0.15) is 0 Å². The van der Waals surface area contributed by atoms with Crippen molar-refractivity contribution in [2.24, 2.45) is 4.99 Å². The monoisotopic (exact) mass is 550 g/mol. The van der Waals surface area contributed by atoms with Crippen LogP contribution in [0.1, 0.15) is 12.0 Å². The van der Waals surface area contributed by atoms with Crippen molar-refractivity contribution in [3.8, 4) is 11.5 Å². The number of hydrogen-bond donors (Lipinski definition) is 8. The van der Waals surface area contributed by atoms with Crippen molar-refractivity contribution in [2.75, 3.05) is 11.5 Å². The number of aliphatic hydroxyl groups excluding tert-OH is 4. The van der Waals surface area contributed by atoms with Gasteiger partial charge in [0.2, 0.25) is 6.29 Å². The van der Waals surface area contributed by atoms with Crippen molar-refractivity contribution >= 4 is 29.3 Å². The lowest BCUT2D eigenvalue weighted by Gasteiger charge is -2.39. The van der Waals surface area contributed by atoms with Crippen LogP contribution in [0.3, 0.4) is 0 Å². The van der Waals surface area contributed by atoms with E-state index in [2.05, 4.69) is 4.99 Å². The van der Waals surface area contributed by atoms with Gasteiger partial charge in [0.15, 0.2) is 17.5 Å². The van der Waals surface area contributed by atoms with Crippen LogP contribution in [0, 0.1) is 0 Å². The van der Waals surface area contributed by atoms with Crippen molar-refractivity contribution in [3.63, 3.8) is 0 Å². The van der Waals surface area contributed by atoms with Gasteiger partial charge in [-0.15, -0.1) is 0 Å². The second-order valence-corrected chi connectivity index (χ2v) is 9.14. The first-order valence-electron chi connectivity index (χ1n) is 11.7. The first-order chi connectivity index (χ1) is 18.4. The van der Waals surface area contributed by atoms with Gasteiger partial charge in [-0.1, -0.05) is 0 Å². The van der Waals surface area contributed by atoms with Crippen LogP contribution >= 0.6 is 0 Å². The van der Waals surface area contributed by atoms with Crippen LogP contribution in [0.5, 0.6) is 11.5 Å². The maximum Gasteiger partial charge on any atom is 0.354 e. The molecule has 0 amide bonds. The van der Waals surface area contributed by atoms with E-state index in [0.29, 0.717) is 5.56 Å². The average Bonchev–Trinajstić information content (AvgIpc) is 3.24. The number of carboxylic acids is 3. The number of anilines is 1. The number of benzene rings is 1. The summed E-state index contributed by atoms with van der Waals surface area (Å²) in [7, 11) is 0. The van der Waals surface area contributed by atoms with Crippen LogP contribution < -0.4 is 9.64 Å². The van der Waals surface area contributed by atoms with E-state index in [-0.39, 0.29) is 29.9 Å². The number of aromatic hydroxyl groups is 1. The maximum atomic E-state index is 12.0. The van der Waals surface area contributed by atoms with E-state index in [4.69, 9.17) is 9.47 Å². The smallest absolute Gasteiger partial charge is 0.354 e. The molecule has 0 aromatic heterocycles. The number of nitrogens with zero attached hydrogens (tertiary/aromatic N) is 2. The van der Waals surface area contributed by atoms with E-state index < -0.39 is 78.8 Å². The van der Waals surface area contributed by atoms with Gasteiger partial charge in [-0.05, 0) is 29.4 Å². The molecule has 0 aliphatic carbocycles. The fourth-order valence-corrected chi connectivity index (χ4v) is 4.51. The van der Waals surface area contributed by atoms with Crippen LogP contribution in [0.15, 0.2) is 41.1 Å². The van der Waals surface area contributed by atoms with E-state index in [1.54, 1.807) is 0 Å².